The fourth-order valence-electron chi connectivity index (χ4n) is 4.29. The van der Waals surface area contributed by atoms with Crippen LogP contribution in [0.25, 0.3) is 0 Å². The second kappa shape index (κ2) is 10.8. The predicted molar refractivity (Wildman–Crippen MR) is 141 cm³/mol. The van der Waals surface area contributed by atoms with Gasteiger partial charge in [0.05, 0.1) is 12.5 Å². The second-order valence-electron chi connectivity index (χ2n) is 8.57. The maximum Gasteiger partial charge on any atom is 0.307 e. The third-order valence-corrected chi connectivity index (χ3v) is 5.74. The van der Waals surface area contributed by atoms with Gasteiger partial charge in [0.15, 0.2) is 0 Å². The molecule has 0 saturated carbocycles. The Hall–Kier alpha value is -4.92. The summed E-state index contributed by atoms with van der Waals surface area (Å²) in [6, 6.07) is 22.1. The molecule has 3 aromatic rings. The Morgan fingerprint density at radius 3 is 1.81 bits per heavy atom. The maximum atomic E-state index is 13.8. The summed E-state index contributed by atoms with van der Waals surface area (Å²) >= 11 is 0. The summed E-state index contributed by atoms with van der Waals surface area (Å²) in [5.41, 5.74) is 3.64. The zero-order valence-electron chi connectivity index (χ0n) is 20.3. The van der Waals surface area contributed by atoms with E-state index in [0.717, 1.165) is 5.56 Å². The number of hydrogen-bond acceptors (Lipinski definition) is 5. The van der Waals surface area contributed by atoms with Gasteiger partial charge in [0, 0.05) is 36.6 Å². The van der Waals surface area contributed by atoms with Crippen molar-refractivity contribution in [3.63, 3.8) is 0 Å². The third-order valence-electron chi connectivity index (χ3n) is 5.74. The van der Waals surface area contributed by atoms with Crippen LogP contribution in [-0.4, -0.2) is 28.8 Å². The first-order chi connectivity index (χ1) is 17.7. The molecule has 9 heteroatoms. The Morgan fingerprint density at radius 1 is 0.784 bits per heavy atom. The van der Waals surface area contributed by atoms with E-state index in [2.05, 4.69) is 16.0 Å². The molecular weight excluding hydrogens is 472 g/mol. The number of amides is 3. The topological polar surface area (TPSA) is 128 Å². The van der Waals surface area contributed by atoms with E-state index in [4.69, 9.17) is 0 Å². The molecule has 3 amide bonds. The second-order valence-corrected chi connectivity index (χ2v) is 8.57. The Morgan fingerprint density at radius 2 is 1.30 bits per heavy atom. The summed E-state index contributed by atoms with van der Waals surface area (Å²) in [5.74, 6) is -1.87. The van der Waals surface area contributed by atoms with E-state index in [0.29, 0.717) is 28.3 Å². The molecule has 0 radical (unpaired) electrons. The number of aliphatic carboxylic acids is 1. The molecule has 3 aromatic carbocycles. The van der Waals surface area contributed by atoms with Gasteiger partial charge in [-0.1, -0.05) is 30.3 Å². The highest BCUT2D eigenvalue weighted by molar-refractivity contribution is 6.12. The SMILES string of the molecule is CC(=O)Nc1ccc(NC2=C(CC(=O)O)[C@H](c3ccccc3)N(c3ccc(NC(C)=O)cc3)C2=O)cc1. The average Bonchev–Trinajstić information content (AvgIpc) is 3.11. The standard InChI is InChI=1S/C28H26N4O5/c1-17(33)29-20-8-10-22(11-9-20)31-26-24(16-25(35)36)27(19-6-4-3-5-7-19)32(28(26)37)23-14-12-21(13-15-23)30-18(2)34/h3-15,27,31H,16H2,1-2H3,(H,29,33)(H,30,34)(H,35,36)/t27-/m0/s1. The molecule has 0 spiro atoms. The molecule has 1 aliphatic rings. The summed E-state index contributed by atoms with van der Waals surface area (Å²) in [5, 5.41) is 18.2. The van der Waals surface area contributed by atoms with Crippen LogP contribution in [0.2, 0.25) is 0 Å². The third kappa shape index (κ3) is 5.84. The first-order valence-electron chi connectivity index (χ1n) is 11.6. The van der Waals surface area contributed by atoms with E-state index < -0.39 is 12.0 Å². The van der Waals surface area contributed by atoms with Crippen LogP contribution in [0.15, 0.2) is 90.1 Å². The molecule has 1 atom stereocenters. The molecular formula is C28H26N4O5. The summed E-state index contributed by atoms with van der Waals surface area (Å²) in [6.45, 7) is 2.82. The van der Waals surface area contributed by atoms with Crippen molar-refractivity contribution in [2.75, 3.05) is 20.9 Å². The van der Waals surface area contributed by atoms with Crippen LogP contribution in [0.4, 0.5) is 22.7 Å². The fourth-order valence-corrected chi connectivity index (χ4v) is 4.29. The van der Waals surface area contributed by atoms with Gasteiger partial charge >= 0.3 is 5.97 Å². The number of benzene rings is 3. The van der Waals surface area contributed by atoms with Gasteiger partial charge < -0.3 is 21.1 Å². The molecule has 37 heavy (non-hydrogen) atoms. The van der Waals surface area contributed by atoms with Crippen LogP contribution in [0.3, 0.4) is 0 Å². The first kappa shape index (κ1) is 25.2. The van der Waals surface area contributed by atoms with Crippen LogP contribution in [0.5, 0.6) is 0 Å². The zero-order chi connectivity index (χ0) is 26.5. The van der Waals surface area contributed by atoms with Gasteiger partial charge in [0.1, 0.15) is 5.70 Å². The van der Waals surface area contributed by atoms with Crippen molar-refractivity contribution in [1.29, 1.82) is 0 Å². The number of nitrogens with zero attached hydrogens (tertiary/aromatic N) is 1. The predicted octanol–water partition coefficient (Wildman–Crippen LogP) is 4.53. The lowest BCUT2D eigenvalue weighted by atomic mass is 9.96. The Labute approximate surface area is 213 Å². The maximum absolute atomic E-state index is 13.8. The van der Waals surface area contributed by atoms with Crippen molar-refractivity contribution < 1.29 is 24.3 Å². The summed E-state index contributed by atoms with van der Waals surface area (Å²) in [6.07, 6.45) is -0.349. The van der Waals surface area contributed by atoms with E-state index in [1.165, 1.54) is 13.8 Å². The van der Waals surface area contributed by atoms with Gasteiger partial charge in [-0.15, -0.1) is 0 Å². The van der Waals surface area contributed by atoms with E-state index in [1.54, 1.807) is 53.4 Å². The summed E-state index contributed by atoms with van der Waals surface area (Å²) in [7, 11) is 0. The highest BCUT2D eigenvalue weighted by Crippen LogP contribution is 2.43. The molecule has 0 saturated heterocycles. The largest absolute Gasteiger partial charge is 0.481 e. The minimum absolute atomic E-state index is 0.175. The number of carbonyl (C=O) groups is 4. The molecule has 188 valence electrons. The minimum atomic E-state index is -1.06. The van der Waals surface area contributed by atoms with Crippen molar-refractivity contribution in [2.24, 2.45) is 0 Å². The Kier molecular flexibility index (Phi) is 7.34. The normalized spacial score (nSPS) is 14.9. The van der Waals surface area contributed by atoms with Gasteiger partial charge in [0.25, 0.3) is 5.91 Å². The number of carbonyl (C=O) groups excluding carboxylic acids is 3. The Balaban J connectivity index is 1.76. The minimum Gasteiger partial charge on any atom is -0.481 e. The van der Waals surface area contributed by atoms with Crippen LogP contribution in [0, 0.1) is 0 Å². The summed E-state index contributed by atoms with van der Waals surface area (Å²) < 4.78 is 0. The fraction of sp³-hybridized carbons (Fsp3) is 0.143. The number of rotatable bonds is 8. The molecule has 4 N–H and O–H groups in total. The van der Waals surface area contributed by atoms with E-state index >= 15 is 0 Å². The van der Waals surface area contributed by atoms with Crippen molar-refractivity contribution in [1.82, 2.24) is 0 Å². The van der Waals surface area contributed by atoms with Crippen LogP contribution in [-0.2, 0) is 19.2 Å². The number of anilines is 4. The van der Waals surface area contributed by atoms with E-state index in [-0.39, 0.29) is 29.8 Å². The molecule has 4 rings (SSSR count). The Bertz CT molecular complexity index is 1370. The number of carboxylic acid groups (broad SMARTS) is 1. The average molecular weight is 499 g/mol. The van der Waals surface area contributed by atoms with Gasteiger partial charge in [-0.3, -0.25) is 24.1 Å². The van der Waals surface area contributed by atoms with E-state index in [1.807, 2.05) is 30.3 Å². The lowest BCUT2D eigenvalue weighted by molar-refractivity contribution is -0.136. The lowest BCUT2D eigenvalue weighted by Crippen LogP contribution is -2.31. The summed E-state index contributed by atoms with van der Waals surface area (Å²) in [4.78, 5) is 50.0. The van der Waals surface area contributed by atoms with Gasteiger partial charge in [-0.25, -0.2) is 0 Å². The monoisotopic (exact) mass is 498 g/mol. The molecule has 9 nitrogen and oxygen atoms in total. The highest BCUT2D eigenvalue weighted by atomic mass is 16.4. The van der Waals surface area contributed by atoms with Crippen LogP contribution in [0.1, 0.15) is 31.9 Å². The van der Waals surface area contributed by atoms with Gasteiger partial charge in [0.2, 0.25) is 11.8 Å². The number of hydrogen-bond donors (Lipinski definition) is 4. The van der Waals surface area contributed by atoms with Gasteiger partial charge in [-0.2, -0.15) is 0 Å². The first-order valence-corrected chi connectivity index (χ1v) is 11.6. The van der Waals surface area contributed by atoms with Crippen LogP contribution >= 0.6 is 0 Å². The van der Waals surface area contributed by atoms with Crippen molar-refractivity contribution >= 4 is 46.4 Å². The van der Waals surface area contributed by atoms with Crippen LogP contribution < -0.4 is 20.9 Å². The van der Waals surface area contributed by atoms with E-state index in [9.17, 15) is 24.3 Å². The molecule has 0 aliphatic carbocycles. The lowest BCUT2D eigenvalue weighted by Gasteiger charge is -2.27. The molecule has 0 aromatic heterocycles. The zero-order valence-corrected chi connectivity index (χ0v) is 20.3. The van der Waals surface area contributed by atoms with Gasteiger partial charge in [-0.05, 0) is 59.7 Å². The number of carboxylic acids is 1. The smallest absolute Gasteiger partial charge is 0.307 e. The number of nitrogens with one attached hydrogen (secondary N) is 3. The molecule has 1 aliphatic heterocycles. The van der Waals surface area contributed by atoms with Crippen molar-refractivity contribution in [2.45, 2.75) is 26.3 Å². The van der Waals surface area contributed by atoms with Crippen molar-refractivity contribution in [3.8, 4) is 0 Å². The highest BCUT2D eigenvalue weighted by Gasteiger charge is 2.41. The quantitative estimate of drug-likeness (QED) is 0.361. The molecule has 0 bridgehead atoms. The molecule has 0 fully saturated rings. The van der Waals surface area contributed by atoms with Crippen molar-refractivity contribution in [3.05, 3.63) is 95.7 Å². The molecule has 1 heterocycles. The molecule has 0 unspecified atom stereocenters.